The van der Waals surface area contributed by atoms with Gasteiger partial charge in [0.2, 0.25) is 5.91 Å². The van der Waals surface area contributed by atoms with E-state index in [-0.39, 0.29) is 5.91 Å². The van der Waals surface area contributed by atoms with Gasteiger partial charge in [0.05, 0.1) is 6.54 Å². The number of hydrogen-bond acceptors (Lipinski definition) is 3. The van der Waals surface area contributed by atoms with Crippen LogP contribution in [-0.4, -0.2) is 43.5 Å². The molecule has 2 aromatic carbocycles. The monoisotopic (exact) mass is 337 g/mol. The van der Waals surface area contributed by atoms with E-state index < -0.39 is 0 Å². The highest BCUT2D eigenvalue weighted by Gasteiger charge is 2.19. The first-order chi connectivity index (χ1) is 12.1. The van der Waals surface area contributed by atoms with E-state index in [4.69, 9.17) is 0 Å². The Morgan fingerprint density at radius 2 is 1.60 bits per heavy atom. The van der Waals surface area contributed by atoms with Crippen LogP contribution >= 0.6 is 0 Å². The van der Waals surface area contributed by atoms with Crippen molar-refractivity contribution in [2.45, 2.75) is 19.8 Å². The van der Waals surface area contributed by atoms with Crippen LogP contribution in [0.3, 0.4) is 0 Å². The molecule has 0 aliphatic carbocycles. The second-order valence-corrected chi connectivity index (χ2v) is 6.92. The first kappa shape index (κ1) is 17.5. The van der Waals surface area contributed by atoms with Gasteiger partial charge in [0.25, 0.3) is 0 Å². The molecule has 1 fully saturated rings. The maximum atomic E-state index is 12.3. The average molecular weight is 337 g/mol. The van der Waals surface area contributed by atoms with Crippen LogP contribution in [0.2, 0.25) is 0 Å². The van der Waals surface area contributed by atoms with Gasteiger partial charge in [0.1, 0.15) is 0 Å². The fraction of sp³-hybridized carbons (Fsp3) is 0.381. The van der Waals surface area contributed by atoms with Crippen LogP contribution in [0.15, 0.2) is 54.6 Å². The molecule has 0 bridgehead atoms. The van der Waals surface area contributed by atoms with Crippen LogP contribution in [0.4, 0.5) is 11.4 Å². The molecular formula is C21H27N3O. The number of anilines is 2. The van der Waals surface area contributed by atoms with Crippen LogP contribution in [-0.2, 0) is 4.79 Å². The van der Waals surface area contributed by atoms with Crippen molar-refractivity contribution in [2.24, 2.45) is 0 Å². The van der Waals surface area contributed by atoms with E-state index in [1.165, 1.54) is 11.3 Å². The largest absolute Gasteiger partial charge is 0.369 e. The van der Waals surface area contributed by atoms with E-state index in [1.54, 1.807) is 0 Å². The first-order valence-electron chi connectivity index (χ1n) is 9.04. The fourth-order valence-corrected chi connectivity index (χ4v) is 3.16. The summed E-state index contributed by atoms with van der Waals surface area (Å²) in [4.78, 5) is 16.9. The number of carbonyl (C=O) groups is 1. The molecule has 1 saturated heterocycles. The minimum Gasteiger partial charge on any atom is -0.369 e. The Morgan fingerprint density at radius 1 is 0.960 bits per heavy atom. The molecular weight excluding hydrogens is 310 g/mol. The van der Waals surface area contributed by atoms with Gasteiger partial charge in [-0.3, -0.25) is 9.69 Å². The Kier molecular flexibility index (Phi) is 5.71. The molecule has 1 amide bonds. The van der Waals surface area contributed by atoms with Gasteiger partial charge in [-0.1, -0.05) is 44.2 Å². The number of piperazine rings is 1. The van der Waals surface area contributed by atoms with E-state index in [1.807, 2.05) is 18.2 Å². The van der Waals surface area contributed by atoms with Crippen molar-refractivity contribution in [3.05, 3.63) is 60.2 Å². The predicted octanol–water partition coefficient (Wildman–Crippen LogP) is 3.57. The summed E-state index contributed by atoms with van der Waals surface area (Å²) in [7, 11) is 0. The first-order valence-corrected chi connectivity index (χ1v) is 9.04. The van der Waals surface area contributed by atoms with Gasteiger partial charge in [-0.05, 0) is 35.7 Å². The molecule has 0 aromatic heterocycles. The molecule has 2 aromatic rings. The summed E-state index contributed by atoms with van der Waals surface area (Å²) in [6.45, 7) is 8.53. The van der Waals surface area contributed by atoms with Crippen molar-refractivity contribution in [1.29, 1.82) is 0 Å². The second kappa shape index (κ2) is 8.17. The number of amides is 1. The van der Waals surface area contributed by atoms with Crippen molar-refractivity contribution in [3.8, 4) is 0 Å². The Hall–Kier alpha value is -2.33. The third-order valence-electron chi connectivity index (χ3n) is 4.72. The van der Waals surface area contributed by atoms with Gasteiger partial charge in [-0.25, -0.2) is 0 Å². The van der Waals surface area contributed by atoms with Crippen LogP contribution in [0, 0.1) is 0 Å². The Bertz CT molecular complexity index is 674. The fourth-order valence-electron chi connectivity index (χ4n) is 3.16. The molecule has 132 valence electrons. The molecule has 4 heteroatoms. The lowest BCUT2D eigenvalue weighted by atomic mass is 10.0. The second-order valence-electron chi connectivity index (χ2n) is 6.92. The normalized spacial score (nSPS) is 15.4. The Morgan fingerprint density at radius 3 is 2.20 bits per heavy atom. The van der Waals surface area contributed by atoms with Gasteiger partial charge in [0.15, 0.2) is 0 Å². The summed E-state index contributed by atoms with van der Waals surface area (Å²) in [6.07, 6.45) is 0. The molecule has 1 aliphatic rings. The highest BCUT2D eigenvalue weighted by molar-refractivity contribution is 5.92. The number of hydrogen-bond donors (Lipinski definition) is 1. The smallest absolute Gasteiger partial charge is 0.238 e. The van der Waals surface area contributed by atoms with Crippen molar-refractivity contribution >= 4 is 17.3 Å². The van der Waals surface area contributed by atoms with Crippen molar-refractivity contribution in [2.75, 3.05) is 42.9 Å². The van der Waals surface area contributed by atoms with E-state index >= 15 is 0 Å². The predicted molar refractivity (Wildman–Crippen MR) is 104 cm³/mol. The number of benzene rings is 2. The highest BCUT2D eigenvalue weighted by atomic mass is 16.2. The molecule has 1 heterocycles. The molecule has 0 saturated carbocycles. The molecule has 4 nitrogen and oxygen atoms in total. The van der Waals surface area contributed by atoms with Gasteiger partial charge in [-0.2, -0.15) is 0 Å². The average Bonchev–Trinajstić information content (AvgIpc) is 2.63. The molecule has 1 aliphatic heterocycles. The molecule has 0 spiro atoms. The zero-order chi connectivity index (χ0) is 17.6. The summed E-state index contributed by atoms with van der Waals surface area (Å²) in [5.74, 6) is 0.566. The minimum absolute atomic E-state index is 0.0606. The van der Waals surface area contributed by atoms with Gasteiger partial charge in [0, 0.05) is 37.6 Å². The van der Waals surface area contributed by atoms with Gasteiger partial charge < -0.3 is 10.2 Å². The molecule has 0 atom stereocenters. The number of rotatable bonds is 5. The van der Waals surface area contributed by atoms with Crippen molar-refractivity contribution in [3.63, 3.8) is 0 Å². The lowest BCUT2D eigenvalue weighted by molar-refractivity contribution is -0.117. The van der Waals surface area contributed by atoms with E-state index in [2.05, 4.69) is 65.4 Å². The quantitative estimate of drug-likeness (QED) is 0.906. The minimum atomic E-state index is 0.0606. The summed E-state index contributed by atoms with van der Waals surface area (Å²) in [5.41, 5.74) is 3.42. The van der Waals surface area contributed by atoms with E-state index in [9.17, 15) is 4.79 Å². The Labute approximate surface area is 150 Å². The lowest BCUT2D eigenvalue weighted by Gasteiger charge is -2.35. The third-order valence-corrected chi connectivity index (χ3v) is 4.72. The van der Waals surface area contributed by atoms with Crippen LogP contribution in [0.25, 0.3) is 0 Å². The molecule has 3 rings (SSSR count). The highest BCUT2D eigenvalue weighted by Crippen LogP contribution is 2.18. The van der Waals surface area contributed by atoms with Crippen LogP contribution in [0.1, 0.15) is 25.3 Å². The molecule has 25 heavy (non-hydrogen) atoms. The zero-order valence-corrected chi connectivity index (χ0v) is 15.1. The summed E-state index contributed by atoms with van der Waals surface area (Å²) < 4.78 is 0. The van der Waals surface area contributed by atoms with Crippen molar-refractivity contribution < 1.29 is 4.79 Å². The standard InChI is InChI=1S/C21H27N3O/c1-17(2)18-8-10-19(11-9-18)22-21(25)16-23-12-14-24(15-13-23)20-6-4-3-5-7-20/h3-11,17H,12-16H2,1-2H3,(H,22,25). The van der Waals surface area contributed by atoms with Gasteiger partial charge >= 0.3 is 0 Å². The maximum Gasteiger partial charge on any atom is 0.238 e. The molecule has 1 N–H and O–H groups in total. The summed E-state index contributed by atoms with van der Waals surface area (Å²) in [5, 5.41) is 3.00. The zero-order valence-electron chi connectivity index (χ0n) is 15.1. The third kappa shape index (κ3) is 4.83. The lowest BCUT2D eigenvalue weighted by Crippen LogP contribution is -2.48. The molecule has 0 radical (unpaired) electrons. The SMILES string of the molecule is CC(C)c1ccc(NC(=O)CN2CCN(c3ccccc3)CC2)cc1. The van der Waals surface area contributed by atoms with Crippen LogP contribution in [0.5, 0.6) is 0 Å². The topological polar surface area (TPSA) is 35.6 Å². The summed E-state index contributed by atoms with van der Waals surface area (Å²) >= 11 is 0. The number of nitrogens with zero attached hydrogens (tertiary/aromatic N) is 2. The summed E-state index contributed by atoms with van der Waals surface area (Å²) in [6, 6.07) is 18.6. The molecule has 0 unspecified atom stereocenters. The number of para-hydroxylation sites is 1. The number of nitrogens with one attached hydrogen (secondary N) is 1. The van der Waals surface area contributed by atoms with E-state index in [0.29, 0.717) is 12.5 Å². The number of carbonyl (C=O) groups excluding carboxylic acids is 1. The van der Waals surface area contributed by atoms with Crippen molar-refractivity contribution in [1.82, 2.24) is 4.90 Å². The maximum absolute atomic E-state index is 12.3. The van der Waals surface area contributed by atoms with Gasteiger partial charge in [-0.15, -0.1) is 0 Å². The Balaban J connectivity index is 1.46. The van der Waals surface area contributed by atoms with Crippen LogP contribution < -0.4 is 10.2 Å². The van der Waals surface area contributed by atoms with E-state index in [0.717, 1.165) is 31.9 Å².